The van der Waals surface area contributed by atoms with Gasteiger partial charge < -0.3 is 0 Å². The second-order valence-corrected chi connectivity index (χ2v) is 5.24. The number of thiazole rings is 1. The Morgan fingerprint density at radius 2 is 2.12 bits per heavy atom. The van der Waals surface area contributed by atoms with Crippen LogP contribution in [0.4, 0.5) is 0 Å². The van der Waals surface area contributed by atoms with Crippen LogP contribution < -0.4 is 0 Å². The first-order valence-corrected chi connectivity index (χ1v) is 6.85. The SMILES string of the molecule is Cc1ccc(-c2nc(CCS)cs2)c(C)c1. The quantitative estimate of drug-likeness (QED) is 0.814. The lowest BCUT2D eigenvalue weighted by Crippen LogP contribution is -1.87. The molecule has 0 aliphatic heterocycles. The Hall–Kier alpha value is -0.800. The molecule has 0 atom stereocenters. The Balaban J connectivity index is 2.35. The summed E-state index contributed by atoms with van der Waals surface area (Å²) in [6.45, 7) is 4.26. The fourth-order valence-electron chi connectivity index (χ4n) is 1.71. The summed E-state index contributed by atoms with van der Waals surface area (Å²) in [5.41, 5.74) is 5.00. The Morgan fingerprint density at radius 1 is 1.31 bits per heavy atom. The van der Waals surface area contributed by atoms with E-state index in [1.165, 1.54) is 16.7 Å². The van der Waals surface area contributed by atoms with Gasteiger partial charge in [-0.15, -0.1) is 11.3 Å². The molecular weight excluding hydrogens is 234 g/mol. The fourth-order valence-corrected chi connectivity index (χ4v) is 2.89. The van der Waals surface area contributed by atoms with Crippen LogP contribution in [0.1, 0.15) is 16.8 Å². The van der Waals surface area contributed by atoms with Crippen LogP contribution in [0.2, 0.25) is 0 Å². The van der Waals surface area contributed by atoms with Gasteiger partial charge in [-0.3, -0.25) is 0 Å². The van der Waals surface area contributed by atoms with Gasteiger partial charge in [0.05, 0.1) is 5.69 Å². The van der Waals surface area contributed by atoms with Crippen molar-refractivity contribution in [2.45, 2.75) is 20.3 Å². The van der Waals surface area contributed by atoms with Crippen LogP contribution in [0, 0.1) is 13.8 Å². The molecule has 0 aliphatic carbocycles. The van der Waals surface area contributed by atoms with E-state index in [0.29, 0.717) is 0 Å². The van der Waals surface area contributed by atoms with Gasteiger partial charge in [-0.1, -0.05) is 23.8 Å². The van der Waals surface area contributed by atoms with E-state index in [0.717, 1.165) is 22.9 Å². The van der Waals surface area contributed by atoms with Gasteiger partial charge in [-0.25, -0.2) is 4.98 Å². The largest absolute Gasteiger partial charge is 0.241 e. The number of hydrogen-bond acceptors (Lipinski definition) is 3. The molecule has 0 saturated carbocycles. The molecule has 1 heterocycles. The molecule has 0 amide bonds. The molecule has 0 bridgehead atoms. The van der Waals surface area contributed by atoms with Crippen LogP contribution in [0.3, 0.4) is 0 Å². The molecule has 0 radical (unpaired) electrons. The minimum atomic E-state index is 0.857. The number of nitrogens with zero attached hydrogens (tertiary/aromatic N) is 1. The van der Waals surface area contributed by atoms with Crippen molar-refractivity contribution in [2.75, 3.05) is 5.75 Å². The summed E-state index contributed by atoms with van der Waals surface area (Å²) >= 11 is 5.94. The Labute approximate surface area is 106 Å². The number of aromatic nitrogens is 1. The minimum Gasteiger partial charge on any atom is -0.241 e. The van der Waals surface area contributed by atoms with Crippen LogP contribution in [0.15, 0.2) is 23.6 Å². The summed E-state index contributed by atoms with van der Waals surface area (Å²) in [4.78, 5) is 4.63. The minimum absolute atomic E-state index is 0.857. The van der Waals surface area contributed by atoms with Gasteiger partial charge in [0.2, 0.25) is 0 Å². The molecule has 84 valence electrons. The van der Waals surface area contributed by atoms with Crippen molar-refractivity contribution in [3.63, 3.8) is 0 Å². The number of aryl methyl sites for hydroxylation is 3. The number of thiol groups is 1. The highest BCUT2D eigenvalue weighted by Crippen LogP contribution is 2.27. The van der Waals surface area contributed by atoms with Crippen molar-refractivity contribution in [1.29, 1.82) is 0 Å². The molecule has 1 nitrogen and oxygen atoms in total. The molecule has 0 unspecified atom stereocenters. The standard InChI is InChI=1S/C13H15NS2/c1-9-3-4-12(10(2)7-9)13-14-11(5-6-15)8-16-13/h3-4,7-8,15H,5-6H2,1-2H3. The van der Waals surface area contributed by atoms with Gasteiger partial charge in [0.15, 0.2) is 0 Å². The third-order valence-corrected chi connectivity index (χ3v) is 3.68. The van der Waals surface area contributed by atoms with Crippen LogP contribution in [-0.2, 0) is 6.42 Å². The van der Waals surface area contributed by atoms with Gasteiger partial charge >= 0.3 is 0 Å². The van der Waals surface area contributed by atoms with Crippen molar-refractivity contribution in [3.05, 3.63) is 40.4 Å². The summed E-state index contributed by atoms with van der Waals surface area (Å²) in [5, 5.41) is 3.25. The van der Waals surface area contributed by atoms with E-state index in [9.17, 15) is 0 Å². The number of hydrogen-bond donors (Lipinski definition) is 1. The van der Waals surface area contributed by atoms with E-state index in [1.54, 1.807) is 11.3 Å². The second-order valence-electron chi connectivity index (χ2n) is 3.94. The van der Waals surface area contributed by atoms with E-state index < -0.39 is 0 Å². The van der Waals surface area contributed by atoms with Crippen molar-refractivity contribution < 1.29 is 0 Å². The molecular formula is C13H15NS2. The van der Waals surface area contributed by atoms with Crippen molar-refractivity contribution in [2.24, 2.45) is 0 Å². The zero-order valence-corrected chi connectivity index (χ0v) is 11.2. The lowest BCUT2D eigenvalue weighted by atomic mass is 10.1. The maximum absolute atomic E-state index is 4.63. The summed E-state index contributed by atoms with van der Waals surface area (Å²) in [6, 6.07) is 6.50. The molecule has 1 aromatic carbocycles. The molecule has 0 fully saturated rings. The second kappa shape index (κ2) is 5.02. The fraction of sp³-hybridized carbons (Fsp3) is 0.308. The summed E-state index contributed by atoms with van der Waals surface area (Å²) in [6.07, 6.45) is 0.949. The normalized spacial score (nSPS) is 10.7. The van der Waals surface area contributed by atoms with E-state index in [2.05, 4.69) is 55.0 Å². The molecule has 1 aromatic heterocycles. The van der Waals surface area contributed by atoms with Crippen LogP contribution in [0.5, 0.6) is 0 Å². The van der Waals surface area contributed by atoms with Crippen LogP contribution >= 0.6 is 24.0 Å². The molecule has 16 heavy (non-hydrogen) atoms. The van der Waals surface area contributed by atoms with Gasteiger partial charge in [-0.2, -0.15) is 12.6 Å². The van der Waals surface area contributed by atoms with Crippen LogP contribution in [0.25, 0.3) is 10.6 Å². The average Bonchev–Trinajstić information content (AvgIpc) is 2.67. The van der Waals surface area contributed by atoms with E-state index >= 15 is 0 Å². The van der Waals surface area contributed by atoms with Gasteiger partial charge in [0.25, 0.3) is 0 Å². The Morgan fingerprint density at radius 3 is 2.81 bits per heavy atom. The summed E-state index contributed by atoms with van der Waals surface area (Å²) in [5.74, 6) is 0.857. The summed E-state index contributed by atoms with van der Waals surface area (Å²) < 4.78 is 0. The molecule has 3 heteroatoms. The van der Waals surface area contributed by atoms with Crippen molar-refractivity contribution >= 4 is 24.0 Å². The third kappa shape index (κ3) is 2.47. The number of rotatable bonds is 3. The zero-order valence-electron chi connectivity index (χ0n) is 9.53. The van der Waals surface area contributed by atoms with Gasteiger partial charge in [0, 0.05) is 10.9 Å². The highest BCUT2D eigenvalue weighted by atomic mass is 32.1. The van der Waals surface area contributed by atoms with Crippen LogP contribution in [-0.4, -0.2) is 10.7 Å². The first-order valence-electron chi connectivity index (χ1n) is 5.33. The number of benzene rings is 1. The smallest absolute Gasteiger partial charge is 0.123 e. The highest BCUT2D eigenvalue weighted by molar-refractivity contribution is 7.80. The summed E-state index contributed by atoms with van der Waals surface area (Å²) in [7, 11) is 0. The first kappa shape index (κ1) is 11.7. The lowest BCUT2D eigenvalue weighted by Gasteiger charge is -2.03. The third-order valence-electron chi connectivity index (χ3n) is 2.53. The van der Waals surface area contributed by atoms with Gasteiger partial charge in [-0.05, 0) is 31.6 Å². The predicted molar refractivity (Wildman–Crippen MR) is 74.6 cm³/mol. The lowest BCUT2D eigenvalue weighted by molar-refractivity contribution is 1.08. The molecule has 0 saturated heterocycles. The van der Waals surface area contributed by atoms with Crippen molar-refractivity contribution in [1.82, 2.24) is 4.98 Å². The maximum Gasteiger partial charge on any atom is 0.123 e. The Bertz CT molecular complexity index is 488. The van der Waals surface area contributed by atoms with Gasteiger partial charge in [0.1, 0.15) is 5.01 Å². The molecule has 2 aromatic rings. The maximum atomic E-state index is 4.63. The Kier molecular flexibility index (Phi) is 3.66. The van der Waals surface area contributed by atoms with E-state index in [1.807, 2.05) is 0 Å². The molecule has 0 N–H and O–H groups in total. The van der Waals surface area contributed by atoms with E-state index in [4.69, 9.17) is 0 Å². The predicted octanol–water partition coefficient (Wildman–Crippen LogP) is 3.90. The highest BCUT2D eigenvalue weighted by Gasteiger charge is 2.06. The monoisotopic (exact) mass is 249 g/mol. The average molecular weight is 249 g/mol. The molecule has 2 rings (SSSR count). The molecule has 0 aliphatic rings. The first-order chi connectivity index (χ1) is 7.70. The van der Waals surface area contributed by atoms with E-state index in [-0.39, 0.29) is 0 Å². The molecule has 0 spiro atoms. The topological polar surface area (TPSA) is 12.9 Å². The zero-order chi connectivity index (χ0) is 11.5. The van der Waals surface area contributed by atoms with Crippen molar-refractivity contribution in [3.8, 4) is 10.6 Å².